The Balaban J connectivity index is 2.52. The molecule has 0 fully saturated rings. The van der Waals surface area contributed by atoms with Gasteiger partial charge in [-0.3, -0.25) is 4.79 Å². The van der Waals surface area contributed by atoms with E-state index in [1.807, 2.05) is 0 Å². The average molecular weight is 232 g/mol. The van der Waals surface area contributed by atoms with E-state index >= 15 is 0 Å². The van der Waals surface area contributed by atoms with Crippen LogP contribution in [0.25, 0.3) is 11.1 Å². The van der Waals surface area contributed by atoms with Crippen LogP contribution >= 0.6 is 0 Å². The summed E-state index contributed by atoms with van der Waals surface area (Å²) in [5, 5.41) is 0. The van der Waals surface area contributed by atoms with E-state index in [0.717, 1.165) is 12.4 Å². The van der Waals surface area contributed by atoms with Crippen molar-refractivity contribution in [3.05, 3.63) is 59.2 Å². The number of carbonyl (C=O) groups excluding carboxylic acids is 1. The Morgan fingerprint density at radius 1 is 1.00 bits per heavy atom. The maximum Gasteiger partial charge on any atom is 0.150 e. The fraction of sp³-hybridized carbons (Fsp3) is 0.0714. The lowest BCUT2D eigenvalue weighted by Crippen LogP contribution is -1.90. The topological polar surface area (TPSA) is 17.1 Å². The highest BCUT2D eigenvalue weighted by Crippen LogP contribution is 2.25. The number of halogens is 2. The molecular formula is C14H10F2O. The lowest BCUT2D eigenvalue weighted by Gasteiger charge is -2.06. The Bertz CT molecular complexity index is 559. The average Bonchev–Trinajstić information content (AvgIpc) is 2.34. The van der Waals surface area contributed by atoms with Crippen LogP contribution in [-0.4, -0.2) is 6.29 Å². The van der Waals surface area contributed by atoms with Crippen molar-refractivity contribution in [3.8, 4) is 11.1 Å². The molecule has 2 aromatic rings. The molecule has 0 spiro atoms. The van der Waals surface area contributed by atoms with Crippen LogP contribution in [0.15, 0.2) is 36.4 Å². The number of benzene rings is 2. The molecule has 0 saturated heterocycles. The van der Waals surface area contributed by atoms with Gasteiger partial charge in [0.15, 0.2) is 0 Å². The molecule has 0 aromatic heterocycles. The quantitative estimate of drug-likeness (QED) is 0.720. The summed E-state index contributed by atoms with van der Waals surface area (Å²) in [6, 6.07) is 8.80. The Hall–Kier alpha value is -2.03. The van der Waals surface area contributed by atoms with Gasteiger partial charge in [-0.15, -0.1) is 0 Å². The fourth-order valence-corrected chi connectivity index (χ4v) is 1.62. The molecule has 2 aromatic carbocycles. The second kappa shape index (κ2) is 4.45. The minimum absolute atomic E-state index is 0.335. The molecule has 0 amide bonds. The minimum Gasteiger partial charge on any atom is -0.298 e. The molecule has 0 N–H and O–H groups in total. The summed E-state index contributed by atoms with van der Waals surface area (Å²) < 4.78 is 26.7. The Kier molecular flexibility index (Phi) is 3.00. The monoisotopic (exact) mass is 232 g/mol. The second-order valence-electron chi connectivity index (χ2n) is 3.82. The van der Waals surface area contributed by atoms with E-state index < -0.39 is 11.6 Å². The van der Waals surface area contributed by atoms with E-state index in [0.29, 0.717) is 22.3 Å². The molecule has 0 atom stereocenters. The maximum absolute atomic E-state index is 13.6. The second-order valence-corrected chi connectivity index (χ2v) is 3.82. The number of aryl methyl sites for hydroxylation is 1. The Labute approximate surface area is 97.7 Å². The van der Waals surface area contributed by atoms with Crippen molar-refractivity contribution in [2.45, 2.75) is 6.92 Å². The van der Waals surface area contributed by atoms with Crippen molar-refractivity contribution in [2.75, 3.05) is 0 Å². The molecular weight excluding hydrogens is 222 g/mol. The van der Waals surface area contributed by atoms with Crippen molar-refractivity contribution in [2.24, 2.45) is 0 Å². The van der Waals surface area contributed by atoms with E-state index in [2.05, 4.69) is 0 Å². The van der Waals surface area contributed by atoms with Gasteiger partial charge in [-0.1, -0.05) is 24.3 Å². The summed E-state index contributed by atoms with van der Waals surface area (Å²) in [6.45, 7) is 1.58. The van der Waals surface area contributed by atoms with E-state index in [4.69, 9.17) is 0 Å². The van der Waals surface area contributed by atoms with Crippen LogP contribution in [0, 0.1) is 18.6 Å². The first-order valence-corrected chi connectivity index (χ1v) is 5.13. The molecule has 0 saturated carbocycles. The van der Waals surface area contributed by atoms with Gasteiger partial charge in [0, 0.05) is 17.2 Å². The zero-order valence-corrected chi connectivity index (χ0v) is 9.21. The third kappa shape index (κ3) is 2.23. The van der Waals surface area contributed by atoms with Crippen molar-refractivity contribution < 1.29 is 13.6 Å². The van der Waals surface area contributed by atoms with Crippen LogP contribution < -0.4 is 0 Å². The van der Waals surface area contributed by atoms with Crippen molar-refractivity contribution in [1.82, 2.24) is 0 Å². The van der Waals surface area contributed by atoms with E-state index in [-0.39, 0.29) is 0 Å². The molecule has 3 heteroatoms. The summed E-state index contributed by atoms with van der Waals surface area (Å²) in [7, 11) is 0. The molecule has 2 rings (SSSR count). The number of carbonyl (C=O) groups is 1. The van der Waals surface area contributed by atoms with Gasteiger partial charge in [0.05, 0.1) is 0 Å². The Morgan fingerprint density at radius 3 is 2.24 bits per heavy atom. The smallest absolute Gasteiger partial charge is 0.150 e. The van der Waals surface area contributed by atoms with Gasteiger partial charge in [0.25, 0.3) is 0 Å². The van der Waals surface area contributed by atoms with Crippen LogP contribution in [0.5, 0.6) is 0 Å². The first kappa shape index (κ1) is 11.5. The molecule has 0 radical (unpaired) electrons. The lowest BCUT2D eigenvalue weighted by molar-refractivity contribution is 0.112. The zero-order valence-electron chi connectivity index (χ0n) is 9.21. The maximum atomic E-state index is 13.6. The summed E-state index contributed by atoms with van der Waals surface area (Å²) in [5.41, 5.74) is 1.87. The van der Waals surface area contributed by atoms with Gasteiger partial charge in [-0.05, 0) is 24.1 Å². The molecule has 86 valence electrons. The number of hydrogen-bond acceptors (Lipinski definition) is 1. The summed E-state index contributed by atoms with van der Waals surface area (Å²) in [5.74, 6) is -1.16. The predicted molar refractivity (Wildman–Crippen MR) is 61.9 cm³/mol. The van der Waals surface area contributed by atoms with Gasteiger partial charge >= 0.3 is 0 Å². The summed E-state index contributed by atoms with van der Waals surface area (Å²) in [4.78, 5) is 10.5. The van der Waals surface area contributed by atoms with Crippen molar-refractivity contribution in [3.63, 3.8) is 0 Å². The summed E-state index contributed by atoms with van der Waals surface area (Å²) in [6.07, 6.45) is 0.718. The Morgan fingerprint density at radius 2 is 1.65 bits per heavy atom. The van der Waals surface area contributed by atoms with Crippen molar-refractivity contribution in [1.29, 1.82) is 0 Å². The standard InChI is InChI=1S/C14H10F2O/c1-9-6-12(14(16)7-13(9)15)11-4-2-10(8-17)3-5-11/h2-8H,1H3. The molecule has 1 nitrogen and oxygen atoms in total. The number of rotatable bonds is 2. The molecule has 0 unspecified atom stereocenters. The van der Waals surface area contributed by atoms with Crippen LogP contribution in [-0.2, 0) is 0 Å². The predicted octanol–water partition coefficient (Wildman–Crippen LogP) is 3.75. The number of hydrogen-bond donors (Lipinski definition) is 0. The van der Waals surface area contributed by atoms with Gasteiger partial charge in [-0.25, -0.2) is 8.78 Å². The van der Waals surface area contributed by atoms with Gasteiger partial charge in [-0.2, -0.15) is 0 Å². The van der Waals surface area contributed by atoms with Gasteiger partial charge in [0.2, 0.25) is 0 Å². The third-order valence-electron chi connectivity index (χ3n) is 2.61. The molecule has 0 aliphatic rings. The van der Waals surface area contributed by atoms with E-state index in [1.165, 1.54) is 6.07 Å². The first-order valence-electron chi connectivity index (χ1n) is 5.13. The summed E-state index contributed by atoms with van der Waals surface area (Å²) >= 11 is 0. The largest absolute Gasteiger partial charge is 0.298 e. The zero-order chi connectivity index (χ0) is 12.4. The number of aldehydes is 1. The van der Waals surface area contributed by atoms with E-state index in [1.54, 1.807) is 31.2 Å². The fourth-order valence-electron chi connectivity index (χ4n) is 1.62. The molecule has 17 heavy (non-hydrogen) atoms. The third-order valence-corrected chi connectivity index (χ3v) is 2.61. The van der Waals surface area contributed by atoms with Crippen LogP contribution in [0.1, 0.15) is 15.9 Å². The van der Waals surface area contributed by atoms with Crippen LogP contribution in [0.4, 0.5) is 8.78 Å². The van der Waals surface area contributed by atoms with Crippen LogP contribution in [0.3, 0.4) is 0 Å². The lowest BCUT2D eigenvalue weighted by atomic mass is 10.0. The highest BCUT2D eigenvalue weighted by Gasteiger charge is 2.09. The van der Waals surface area contributed by atoms with Crippen molar-refractivity contribution >= 4 is 6.29 Å². The minimum atomic E-state index is -0.605. The molecule has 0 aliphatic heterocycles. The highest BCUT2D eigenvalue weighted by atomic mass is 19.1. The normalized spacial score (nSPS) is 10.3. The van der Waals surface area contributed by atoms with E-state index in [9.17, 15) is 13.6 Å². The molecule has 0 heterocycles. The van der Waals surface area contributed by atoms with Gasteiger partial charge in [0.1, 0.15) is 17.9 Å². The van der Waals surface area contributed by atoms with Crippen LogP contribution in [0.2, 0.25) is 0 Å². The van der Waals surface area contributed by atoms with Gasteiger partial charge < -0.3 is 0 Å². The first-order chi connectivity index (χ1) is 8.11. The highest BCUT2D eigenvalue weighted by molar-refractivity contribution is 5.77. The SMILES string of the molecule is Cc1cc(-c2ccc(C=O)cc2)c(F)cc1F. The molecule has 0 aliphatic carbocycles. The molecule has 0 bridgehead atoms.